The van der Waals surface area contributed by atoms with Gasteiger partial charge in [-0.3, -0.25) is 4.79 Å². The number of aromatic nitrogens is 2. The van der Waals surface area contributed by atoms with E-state index in [-0.39, 0.29) is 11.9 Å². The number of hydrogen-bond donors (Lipinski definition) is 2. The van der Waals surface area contributed by atoms with Crippen molar-refractivity contribution in [2.75, 3.05) is 0 Å². The molecule has 5 heteroatoms. The van der Waals surface area contributed by atoms with Crippen molar-refractivity contribution in [2.45, 2.75) is 12.5 Å². The molecule has 0 aliphatic heterocycles. The third-order valence-electron chi connectivity index (χ3n) is 4.11. The Morgan fingerprint density at radius 2 is 1.88 bits per heavy atom. The molecule has 25 heavy (non-hydrogen) atoms. The first-order valence-corrected chi connectivity index (χ1v) is 8.11. The molecule has 2 aromatic heterocycles. The van der Waals surface area contributed by atoms with Crippen molar-refractivity contribution >= 4 is 16.9 Å². The van der Waals surface area contributed by atoms with Gasteiger partial charge in [0, 0.05) is 0 Å². The van der Waals surface area contributed by atoms with Crippen LogP contribution in [0.5, 0.6) is 0 Å². The maximum atomic E-state index is 12.5. The smallest absolute Gasteiger partial charge is 0.255 e. The van der Waals surface area contributed by atoms with Gasteiger partial charge < -0.3 is 14.7 Å². The van der Waals surface area contributed by atoms with E-state index in [4.69, 9.17) is 4.42 Å². The van der Waals surface area contributed by atoms with E-state index in [9.17, 15) is 4.79 Å². The first kappa shape index (κ1) is 15.2. The normalized spacial score (nSPS) is 12.2. The van der Waals surface area contributed by atoms with Gasteiger partial charge in [-0.15, -0.1) is 0 Å². The molecule has 2 heterocycles. The second-order valence-corrected chi connectivity index (χ2v) is 5.87. The molecule has 0 saturated carbocycles. The number of hydrogen-bond acceptors (Lipinski definition) is 3. The lowest BCUT2D eigenvalue weighted by atomic mass is 10.1. The van der Waals surface area contributed by atoms with Gasteiger partial charge in [0.25, 0.3) is 5.91 Å². The Morgan fingerprint density at radius 1 is 1.08 bits per heavy atom. The fourth-order valence-electron chi connectivity index (χ4n) is 2.84. The standard InChI is InChI=1S/C20H17N3O2/c24-20(15-10-11-25-13-15)23-18(12-14-6-2-1-3-7-14)19-21-16-8-4-5-9-17(16)22-19/h1-11,13,18H,12H2,(H,21,22)(H,23,24). The van der Waals surface area contributed by atoms with Gasteiger partial charge in [-0.2, -0.15) is 0 Å². The highest BCUT2D eigenvalue weighted by molar-refractivity contribution is 5.94. The molecule has 4 rings (SSSR count). The maximum absolute atomic E-state index is 12.5. The lowest BCUT2D eigenvalue weighted by molar-refractivity contribution is 0.0934. The van der Waals surface area contributed by atoms with Crippen molar-refractivity contribution in [1.29, 1.82) is 0 Å². The largest absolute Gasteiger partial charge is 0.472 e. The van der Waals surface area contributed by atoms with Gasteiger partial charge in [0.15, 0.2) is 0 Å². The lowest BCUT2D eigenvalue weighted by Crippen LogP contribution is -2.30. The number of carbonyl (C=O) groups is 1. The molecule has 124 valence electrons. The number of imidazole rings is 1. The molecule has 0 aliphatic carbocycles. The van der Waals surface area contributed by atoms with E-state index in [0.717, 1.165) is 22.4 Å². The van der Waals surface area contributed by atoms with Gasteiger partial charge in [-0.1, -0.05) is 42.5 Å². The van der Waals surface area contributed by atoms with Crippen LogP contribution in [-0.2, 0) is 6.42 Å². The van der Waals surface area contributed by atoms with E-state index in [1.165, 1.54) is 12.5 Å². The van der Waals surface area contributed by atoms with Gasteiger partial charge in [-0.05, 0) is 30.2 Å². The number of aromatic amines is 1. The van der Waals surface area contributed by atoms with Gasteiger partial charge in [0.2, 0.25) is 0 Å². The van der Waals surface area contributed by atoms with Crippen LogP contribution in [-0.4, -0.2) is 15.9 Å². The Labute approximate surface area is 144 Å². The summed E-state index contributed by atoms with van der Waals surface area (Å²) in [4.78, 5) is 20.4. The van der Waals surface area contributed by atoms with E-state index < -0.39 is 0 Å². The minimum Gasteiger partial charge on any atom is -0.472 e. The minimum atomic E-state index is -0.266. The summed E-state index contributed by atoms with van der Waals surface area (Å²) >= 11 is 0. The first-order chi connectivity index (χ1) is 12.3. The van der Waals surface area contributed by atoms with Crippen molar-refractivity contribution in [3.05, 3.63) is 90.1 Å². The van der Waals surface area contributed by atoms with Crippen molar-refractivity contribution < 1.29 is 9.21 Å². The molecular formula is C20H17N3O2. The van der Waals surface area contributed by atoms with Gasteiger partial charge in [0.05, 0.1) is 28.9 Å². The molecule has 1 atom stereocenters. The molecule has 0 saturated heterocycles. The number of para-hydroxylation sites is 2. The highest BCUT2D eigenvalue weighted by atomic mass is 16.3. The number of rotatable bonds is 5. The first-order valence-electron chi connectivity index (χ1n) is 8.11. The molecule has 5 nitrogen and oxygen atoms in total. The van der Waals surface area contributed by atoms with E-state index in [1.807, 2.05) is 54.6 Å². The summed E-state index contributed by atoms with van der Waals surface area (Å²) < 4.78 is 5.00. The van der Waals surface area contributed by atoms with Crippen LogP contribution in [0.3, 0.4) is 0 Å². The SMILES string of the molecule is O=C(NC(Cc1ccccc1)c1nc2ccccc2[nH]1)c1ccoc1. The fourth-order valence-corrected chi connectivity index (χ4v) is 2.84. The molecule has 0 aliphatic rings. The van der Waals surface area contributed by atoms with Crippen LogP contribution in [0, 0.1) is 0 Å². The summed E-state index contributed by atoms with van der Waals surface area (Å²) in [5, 5.41) is 3.05. The van der Waals surface area contributed by atoms with Crippen molar-refractivity contribution in [1.82, 2.24) is 15.3 Å². The quantitative estimate of drug-likeness (QED) is 0.583. The molecule has 1 amide bonds. The summed E-state index contributed by atoms with van der Waals surface area (Å²) in [5.74, 6) is 0.553. The highest BCUT2D eigenvalue weighted by Gasteiger charge is 2.20. The predicted octanol–water partition coefficient (Wildman–Crippen LogP) is 3.87. The molecule has 0 bridgehead atoms. The maximum Gasteiger partial charge on any atom is 0.255 e. The van der Waals surface area contributed by atoms with E-state index in [0.29, 0.717) is 12.0 Å². The van der Waals surface area contributed by atoms with Crippen LogP contribution in [0.4, 0.5) is 0 Å². The average molecular weight is 331 g/mol. The van der Waals surface area contributed by atoms with E-state index in [2.05, 4.69) is 15.3 Å². The summed E-state index contributed by atoms with van der Waals surface area (Å²) in [6, 6.07) is 19.2. The zero-order valence-corrected chi connectivity index (χ0v) is 13.5. The van der Waals surface area contributed by atoms with Crippen LogP contribution >= 0.6 is 0 Å². The van der Waals surface area contributed by atoms with E-state index >= 15 is 0 Å². The van der Waals surface area contributed by atoms with Gasteiger partial charge in [-0.25, -0.2) is 4.98 Å². The molecule has 4 aromatic rings. The Hall–Kier alpha value is -3.34. The van der Waals surface area contributed by atoms with Crippen LogP contribution in [0.15, 0.2) is 77.6 Å². The van der Waals surface area contributed by atoms with Crippen molar-refractivity contribution in [2.24, 2.45) is 0 Å². The zero-order valence-electron chi connectivity index (χ0n) is 13.5. The lowest BCUT2D eigenvalue weighted by Gasteiger charge is -2.16. The summed E-state index contributed by atoms with van der Waals surface area (Å²) in [6.45, 7) is 0. The summed E-state index contributed by atoms with van der Waals surface area (Å²) in [6.07, 6.45) is 3.57. The van der Waals surface area contributed by atoms with Crippen LogP contribution in [0.1, 0.15) is 27.8 Å². The third-order valence-corrected chi connectivity index (χ3v) is 4.11. The predicted molar refractivity (Wildman–Crippen MR) is 95.2 cm³/mol. The second-order valence-electron chi connectivity index (χ2n) is 5.87. The molecule has 0 fully saturated rings. The molecule has 1 unspecified atom stereocenters. The Kier molecular flexibility index (Phi) is 4.04. The molecular weight excluding hydrogens is 314 g/mol. The minimum absolute atomic E-state index is 0.185. The van der Waals surface area contributed by atoms with E-state index in [1.54, 1.807) is 6.07 Å². The Morgan fingerprint density at radius 3 is 2.64 bits per heavy atom. The number of nitrogens with one attached hydrogen (secondary N) is 2. The monoisotopic (exact) mass is 331 g/mol. The second kappa shape index (κ2) is 6.65. The fraction of sp³-hybridized carbons (Fsp3) is 0.100. The number of fused-ring (bicyclic) bond motifs is 1. The number of nitrogens with zero attached hydrogens (tertiary/aromatic N) is 1. The number of carbonyl (C=O) groups excluding carboxylic acids is 1. The Bertz CT molecular complexity index is 942. The molecule has 0 radical (unpaired) electrons. The van der Waals surface area contributed by atoms with Crippen LogP contribution in [0.25, 0.3) is 11.0 Å². The average Bonchev–Trinajstić information content (AvgIpc) is 3.31. The third kappa shape index (κ3) is 3.30. The van der Waals surface area contributed by atoms with Gasteiger partial charge in [0.1, 0.15) is 12.1 Å². The number of amides is 1. The molecule has 2 aromatic carbocycles. The Balaban J connectivity index is 1.66. The van der Waals surface area contributed by atoms with Gasteiger partial charge >= 0.3 is 0 Å². The molecule has 0 spiro atoms. The van der Waals surface area contributed by atoms with Crippen LogP contribution in [0.2, 0.25) is 0 Å². The summed E-state index contributed by atoms with van der Waals surface area (Å²) in [7, 11) is 0. The zero-order chi connectivity index (χ0) is 17.1. The number of H-pyrrole nitrogens is 1. The number of furan rings is 1. The highest BCUT2D eigenvalue weighted by Crippen LogP contribution is 2.20. The van der Waals surface area contributed by atoms with Crippen molar-refractivity contribution in [3.8, 4) is 0 Å². The summed E-state index contributed by atoms with van der Waals surface area (Å²) in [5.41, 5.74) is 3.45. The topological polar surface area (TPSA) is 70.9 Å². The van der Waals surface area contributed by atoms with Crippen molar-refractivity contribution in [3.63, 3.8) is 0 Å². The number of benzene rings is 2. The van der Waals surface area contributed by atoms with Crippen LogP contribution < -0.4 is 5.32 Å². The molecule has 2 N–H and O–H groups in total.